The minimum absolute atomic E-state index is 0.235. The number of benzene rings is 1. The number of halogens is 1. The number of ether oxygens (including phenoxy) is 2. The molecule has 0 radical (unpaired) electrons. The maximum Gasteiger partial charge on any atom is 0.255 e. The Balaban J connectivity index is 2.75. The molecule has 0 aliphatic rings. The van der Waals surface area contributed by atoms with Crippen LogP contribution in [0.25, 0.3) is 0 Å². The summed E-state index contributed by atoms with van der Waals surface area (Å²) in [5.74, 6) is 1.30. The van der Waals surface area contributed by atoms with Gasteiger partial charge in [-0.25, -0.2) is 0 Å². The Hall–Kier alpha value is -1.11. The Morgan fingerprint density at radius 2 is 2.25 bits per heavy atom. The van der Waals surface area contributed by atoms with Crippen LogP contribution in [0.15, 0.2) is 12.1 Å². The zero-order chi connectivity index (χ0) is 15.0. The number of hydrogen-bond donors (Lipinski definition) is 2. The van der Waals surface area contributed by atoms with E-state index in [0.717, 1.165) is 17.9 Å². The summed E-state index contributed by atoms with van der Waals surface area (Å²) in [7, 11) is 1.52. The fourth-order valence-electron chi connectivity index (χ4n) is 1.57. The Morgan fingerprint density at radius 1 is 1.50 bits per heavy atom. The van der Waals surface area contributed by atoms with Gasteiger partial charge < -0.3 is 20.5 Å². The Morgan fingerprint density at radius 3 is 2.85 bits per heavy atom. The van der Waals surface area contributed by atoms with Gasteiger partial charge in [0.1, 0.15) is 0 Å². The number of carbonyl (C=O) groups is 1. The number of methoxy groups -OCH3 is 1. The molecule has 0 aliphatic carbocycles. The van der Waals surface area contributed by atoms with Crippen molar-refractivity contribution in [1.82, 2.24) is 5.32 Å². The Labute approximate surface area is 128 Å². The quantitative estimate of drug-likeness (QED) is 0.677. The highest BCUT2D eigenvalue weighted by molar-refractivity contribution is 7.98. The number of primary amides is 1. The Bertz CT molecular complexity index is 457. The largest absolute Gasteiger partial charge is 0.493 e. The molecule has 1 amide bonds. The van der Waals surface area contributed by atoms with E-state index in [1.807, 2.05) is 6.07 Å². The van der Waals surface area contributed by atoms with Crippen LogP contribution in [0.1, 0.15) is 5.56 Å². The van der Waals surface area contributed by atoms with Gasteiger partial charge in [0.2, 0.25) is 0 Å². The molecule has 0 saturated heterocycles. The molecule has 1 aromatic rings. The average molecular weight is 319 g/mol. The first-order chi connectivity index (χ1) is 9.58. The third-order valence-corrected chi connectivity index (χ3v) is 3.35. The monoisotopic (exact) mass is 318 g/mol. The smallest absolute Gasteiger partial charge is 0.255 e. The van der Waals surface area contributed by atoms with Crippen LogP contribution in [-0.4, -0.2) is 38.2 Å². The zero-order valence-corrected chi connectivity index (χ0v) is 13.1. The molecule has 112 valence electrons. The van der Waals surface area contributed by atoms with Crippen LogP contribution in [-0.2, 0) is 11.3 Å². The summed E-state index contributed by atoms with van der Waals surface area (Å²) < 4.78 is 10.5. The molecule has 0 unspecified atom stereocenters. The fourth-order valence-corrected chi connectivity index (χ4v) is 2.20. The summed E-state index contributed by atoms with van der Waals surface area (Å²) in [4.78, 5) is 10.8. The molecular formula is C13H19ClN2O3S. The van der Waals surface area contributed by atoms with Crippen molar-refractivity contribution in [1.29, 1.82) is 0 Å². The van der Waals surface area contributed by atoms with Crippen LogP contribution in [0.3, 0.4) is 0 Å². The highest BCUT2D eigenvalue weighted by atomic mass is 35.5. The second-order valence-corrected chi connectivity index (χ2v) is 5.43. The van der Waals surface area contributed by atoms with E-state index in [1.54, 1.807) is 17.8 Å². The standard InChI is InChI=1S/C13H19ClN2O3S/c1-18-11-6-9(7-16-3-4-20-2)5-10(14)13(11)19-8-12(15)17/h5-6,16H,3-4,7-8H2,1-2H3,(H2,15,17). The van der Waals surface area contributed by atoms with Crippen molar-refractivity contribution >= 4 is 29.3 Å². The van der Waals surface area contributed by atoms with Crippen LogP contribution in [0, 0.1) is 0 Å². The molecule has 0 atom stereocenters. The number of nitrogens with two attached hydrogens (primary N) is 1. The molecule has 1 aromatic carbocycles. The summed E-state index contributed by atoms with van der Waals surface area (Å²) in [6, 6.07) is 3.61. The molecule has 0 bridgehead atoms. The van der Waals surface area contributed by atoms with E-state index < -0.39 is 5.91 Å². The molecule has 0 spiro atoms. The highest BCUT2D eigenvalue weighted by Gasteiger charge is 2.12. The van der Waals surface area contributed by atoms with Crippen LogP contribution >= 0.6 is 23.4 Å². The van der Waals surface area contributed by atoms with Crippen LogP contribution in [0.2, 0.25) is 5.02 Å². The van der Waals surface area contributed by atoms with E-state index >= 15 is 0 Å². The van der Waals surface area contributed by atoms with Crippen LogP contribution < -0.4 is 20.5 Å². The molecule has 7 heteroatoms. The van der Waals surface area contributed by atoms with Crippen molar-refractivity contribution in [2.45, 2.75) is 6.54 Å². The normalized spacial score (nSPS) is 10.3. The lowest BCUT2D eigenvalue weighted by atomic mass is 10.2. The molecule has 1 rings (SSSR count). The van der Waals surface area contributed by atoms with E-state index in [2.05, 4.69) is 11.6 Å². The molecule has 0 fully saturated rings. The van der Waals surface area contributed by atoms with Crippen LogP contribution in [0.5, 0.6) is 11.5 Å². The van der Waals surface area contributed by atoms with Crippen molar-refractivity contribution in [3.63, 3.8) is 0 Å². The Kier molecular flexibility index (Phi) is 7.58. The van der Waals surface area contributed by atoms with E-state index in [9.17, 15) is 4.79 Å². The lowest BCUT2D eigenvalue weighted by Gasteiger charge is -2.13. The van der Waals surface area contributed by atoms with Crippen LogP contribution in [0.4, 0.5) is 0 Å². The van der Waals surface area contributed by atoms with Gasteiger partial charge in [-0.05, 0) is 24.0 Å². The number of hydrogen-bond acceptors (Lipinski definition) is 5. The van der Waals surface area contributed by atoms with Gasteiger partial charge in [0.05, 0.1) is 12.1 Å². The summed E-state index contributed by atoms with van der Waals surface area (Å²) in [6.45, 7) is 1.37. The fraction of sp³-hybridized carbons (Fsp3) is 0.462. The number of nitrogens with one attached hydrogen (secondary N) is 1. The van der Waals surface area contributed by atoms with E-state index in [-0.39, 0.29) is 6.61 Å². The maximum atomic E-state index is 10.8. The minimum Gasteiger partial charge on any atom is -0.493 e. The topological polar surface area (TPSA) is 73.6 Å². The summed E-state index contributed by atoms with van der Waals surface area (Å²) >= 11 is 7.93. The highest BCUT2D eigenvalue weighted by Crippen LogP contribution is 2.36. The molecule has 0 heterocycles. The number of amides is 1. The molecule has 5 nitrogen and oxygen atoms in total. The molecule has 0 aliphatic heterocycles. The first kappa shape index (κ1) is 16.9. The second kappa shape index (κ2) is 8.94. The minimum atomic E-state index is -0.564. The first-order valence-electron chi connectivity index (χ1n) is 6.05. The predicted molar refractivity (Wildman–Crippen MR) is 82.8 cm³/mol. The van der Waals surface area contributed by atoms with Gasteiger partial charge in [-0.15, -0.1) is 0 Å². The van der Waals surface area contributed by atoms with E-state index in [4.69, 9.17) is 26.8 Å². The van der Waals surface area contributed by atoms with Gasteiger partial charge in [-0.1, -0.05) is 11.6 Å². The summed E-state index contributed by atoms with van der Waals surface area (Å²) in [5.41, 5.74) is 6.03. The van der Waals surface area contributed by atoms with Gasteiger partial charge in [0.25, 0.3) is 5.91 Å². The number of rotatable bonds is 9. The lowest BCUT2D eigenvalue weighted by Crippen LogP contribution is -2.20. The molecular weight excluding hydrogens is 300 g/mol. The molecule has 0 saturated carbocycles. The van der Waals surface area contributed by atoms with Crippen molar-refractivity contribution in [3.05, 3.63) is 22.7 Å². The molecule has 0 aromatic heterocycles. The van der Waals surface area contributed by atoms with Crippen molar-refractivity contribution in [2.75, 3.05) is 32.3 Å². The zero-order valence-electron chi connectivity index (χ0n) is 11.6. The van der Waals surface area contributed by atoms with E-state index in [0.29, 0.717) is 23.1 Å². The predicted octanol–water partition coefficient (Wildman–Crippen LogP) is 1.67. The average Bonchev–Trinajstić information content (AvgIpc) is 2.41. The van der Waals surface area contributed by atoms with Crippen molar-refractivity contribution in [3.8, 4) is 11.5 Å². The van der Waals surface area contributed by atoms with Gasteiger partial charge in [0, 0.05) is 18.8 Å². The number of carbonyl (C=O) groups excluding carboxylic acids is 1. The summed E-state index contributed by atoms with van der Waals surface area (Å²) in [6.07, 6.45) is 2.06. The summed E-state index contributed by atoms with van der Waals surface area (Å²) in [5, 5.41) is 3.70. The van der Waals surface area contributed by atoms with Crippen molar-refractivity contribution in [2.24, 2.45) is 5.73 Å². The maximum absolute atomic E-state index is 10.8. The first-order valence-corrected chi connectivity index (χ1v) is 7.82. The van der Waals surface area contributed by atoms with Gasteiger partial charge in [-0.3, -0.25) is 4.79 Å². The van der Waals surface area contributed by atoms with Crippen molar-refractivity contribution < 1.29 is 14.3 Å². The van der Waals surface area contributed by atoms with Gasteiger partial charge in [-0.2, -0.15) is 11.8 Å². The second-order valence-electron chi connectivity index (χ2n) is 4.03. The van der Waals surface area contributed by atoms with Gasteiger partial charge in [0.15, 0.2) is 18.1 Å². The lowest BCUT2D eigenvalue weighted by molar-refractivity contribution is -0.119. The molecule has 20 heavy (non-hydrogen) atoms. The van der Waals surface area contributed by atoms with Gasteiger partial charge >= 0.3 is 0 Å². The molecule has 3 N–H and O–H groups in total. The van der Waals surface area contributed by atoms with E-state index in [1.165, 1.54) is 7.11 Å². The third-order valence-electron chi connectivity index (χ3n) is 2.46. The SMILES string of the molecule is COc1cc(CNCCSC)cc(Cl)c1OCC(N)=O. The third kappa shape index (κ3) is 5.48. The number of thioether (sulfide) groups is 1.